The van der Waals surface area contributed by atoms with Crippen molar-refractivity contribution in [3.05, 3.63) is 66.4 Å². The molecule has 1 aliphatic rings. The fraction of sp³-hybridized carbons (Fsp3) is 0.300. The van der Waals surface area contributed by atoms with Gasteiger partial charge in [0.1, 0.15) is 0 Å². The predicted octanol–water partition coefficient (Wildman–Crippen LogP) is 3.58. The van der Waals surface area contributed by atoms with Gasteiger partial charge < -0.3 is 10.0 Å². The first-order valence-corrected chi connectivity index (χ1v) is 8.51. The first-order valence-electron chi connectivity index (χ1n) is 8.51. The summed E-state index contributed by atoms with van der Waals surface area (Å²) in [6.07, 6.45) is 3.41. The Morgan fingerprint density at radius 2 is 1.67 bits per heavy atom. The lowest BCUT2D eigenvalue weighted by Gasteiger charge is -2.34. The van der Waals surface area contributed by atoms with Crippen LogP contribution in [0.5, 0.6) is 0 Å². The molecule has 1 N–H and O–H groups in total. The lowest BCUT2D eigenvalue weighted by Crippen LogP contribution is -2.36. The summed E-state index contributed by atoms with van der Waals surface area (Å²) in [5.41, 5.74) is 1.99. The quantitative estimate of drug-likeness (QED) is 0.801. The largest absolute Gasteiger partial charge is 0.388 e. The molecule has 0 aliphatic carbocycles. The van der Waals surface area contributed by atoms with E-state index in [1.165, 1.54) is 0 Å². The number of anilines is 1. The Balaban J connectivity index is 1.45. The van der Waals surface area contributed by atoms with Gasteiger partial charge in [0.15, 0.2) is 0 Å². The zero-order valence-corrected chi connectivity index (χ0v) is 13.5. The summed E-state index contributed by atoms with van der Waals surface area (Å²) in [4.78, 5) is 11.4. The number of piperidine rings is 1. The Morgan fingerprint density at radius 1 is 0.958 bits per heavy atom. The number of aromatic nitrogens is 2. The van der Waals surface area contributed by atoms with Gasteiger partial charge in [-0.05, 0) is 30.4 Å². The average Bonchev–Trinajstić information content (AvgIpc) is 2.68. The molecule has 1 unspecified atom stereocenters. The molecule has 1 saturated heterocycles. The van der Waals surface area contributed by atoms with Crippen LogP contribution in [0.4, 0.5) is 5.95 Å². The van der Waals surface area contributed by atoms with Gasteiger partial charge in [-0.25, -0.2) is 9.97 Å². The molecule has 24 heavy (non-hydrogen) atoms. The number of hydrogen-bond donors (Lipinski definition) is 1. The number of benzene rings is 2. The minimum atomic E-state index is -0.383. The van der Waals surface area contributed by atoms with Crippen molar-refractivity contribution in [2.24, 2.45) is 5.92 Å². The Hall–Kier alpha value is -2.46. The lowest BCUT2D eigenvalue weighted by atomic mass is 9.87. The number of fused-ring (bicyclic) bond motifs is 1. The topological polar surface area (TPSA) is 49.2 Å². The fourth-order valence-electron chi connectivity index (χ4n) is 3.45. The average molecular weight is 319 g/mol. The molecule has 2 heterocycles. The molecule has 1 atom stereocenters. The zero-order chi connectivity index (χ0) is 16.4. The van der Waals surface area contributed by atoms with Crippen LogP contribution in [0.25, 0.3) is 10.9 Å². The van der Waals surface area contributed by atoms with Gasteiger partial charge in [-0.1, -0.05) is 48.5 Å². The van der Waals surface area contributed by atoms with E-state index in [0.717, 1.165) is 48.3 Å². The van der Waals surface area contributed by atoms with Crippen LogP contribution in [0, 0.1) is 5.92 Å². The third kappa shape index (κ3) is 2.97. The first-order chi connectivity index (χ1) is 11.8. The summed E-state index contributed by atoms with van der Waals surface area (Å²) < 4.78 is 0. The molecule has 3 aromatic rings. The fourth-order valence-corrected chi connectivity index (χ4v) is 3.45. The summed E-state index contributed by atoms with van der Waals surface area (Å²) >= 11 is 0. The SMILES string of the molecule is OC(c1ccccc1)C1CCN(c2ncc3ccccc3n2)CC1. The molecule has 4 rings (SSSR count). The second kappa shape index (κ2) is 6.57. The van der Waals surface area contributed by atoms with Crippen LogP contribution in [-0.4, -0.2) is 28.2 Å². The third-order valence-electron chi connectivity index (χ3n) is 4.89. The predicted molar refractivity (Wildman–Crippen MR) is 95.9 cm³/mol. The molecule has 0 spiro atoms. The molecule has 4 nitrogen and oxygen atoms in total. The highest BCUT2D eigenvalue weighted by Crippen LogP contribution is 2.31. The third-order valence-corrected chi connectivity index (χ3v) is 4.89. The molecule has 0 bridgehead atoms. The molecule has 2 aromatic carbocycles. The van der Waals surface area contributed by atoms with E-state index in [-0.39, 0.29) is 6.10 Å². The highest BCUT2D eigenvalue weighted by molar-refractivity contribution is 5.78. The Morgan fingerprint density at radius 3 is 2.46 bits per heavy atom. The van der Waals surface area contributed by atoms with Crippen molar-refractivity contribution in [1.82, 2.24) is 9.97 Å². The number of hydrogen-bond acceptors (Lipinski definition) is 4. The van der Waals surface area contributed by atoms with E-state index in [2.05, 4.69) is 14.9 Å². The van der Waals surface area contributed by atoms with E-state index in [1.54, 1.807) is 0 Å². The van der Waals surface area contributed by atoms with Crippen LogP contribution in [0.15, 0.2) is 60.8 Å². The highest BCUT2D eigenvalue weighted by Gasteiger charge is 2.27. The second-order valence-electron chi connectivity index (χ2n) is 6.41. The van der Waals surface area contributed by atoms with Gasteiger partial charge in [0.05, 0.1) is 11.6 Å². The molecule has 0 saturated carbocycles. The van der Waals surface area contributed by atoms with Crippen molar-refractivity contribution >= 4 is 16.9 Å². The molecule has 0 amide bonds. The van der Waals surface area contributed by atoms with Crippen LogP contribution < -0.4 is 4.90 Å². The van der Waals surface area contributed by atoms with Crippen molar-refractivity contribution < 1.29 is 5.11 Å². The van der Waals surface area contributed by atoms with Crippen LogP contribution in [0.2, 0.25) is 0 Å². The monoisotopic (exact) mass is 319 g/mol. The van der Waals surface area contributed by atoms with E-state index in [1.807, 2.05) is 60.8 Å². The maximum atomic E-state index is 10.6. The normalized spacial score (nSPS) is 17.1. The number of rotatable bonds is 3. The van der Waals surface area contributed by atoms with Crippen LogP contribution in [0.3, 0.4) is 0 Å². The van der Waals surface area contributed by atoms with Gasteiger partial charge in [-0.15, -0.1) is 0 Å². The van der Waals surface area contributed by atoms with Gasteiger partial charge in [0, 0.05) is 24.7 Å². The summed E-state index contributed by atoms with van der Waals surface area (Å²) in [5, 5.41) is 11.7. The number of nitrogens with zero attached hydrogens (tertiary/aromatic N) is 3. The molecule has 1 aromatic heterocycles. The summed E-state index contributed by atoms with van der Waals surface area (Å²) in [6, 6.07) is 18.0. The summed E-state index contributed by atoms with van der Waals surface area (Å²) in [6.45, 7) is 1.76. The first kappa shape index (κ1) is 15.1. The van der Waals surface area contributed by atoms with E-state index in [9.17, 15) is 5.11 Å². The Bertz CT molecular complexity index is 813. The maximum Gasteiger partial charge on any atom is 0.225 e. The molecule has 0 radical (unpaired) electrons. The van der Waals surface area contributed by atoms with E-state index in [4.69, 9.17) is 0 Å². The highest BCUT2D eigenvalue weighted by atomic mass is 16.3. The number of aliphatic hydroxyl groups is 1. The second-order valence-corrected chi connectivity index (χ2v) is 6.41. The standard InChI is InChI=1S/C20H21N3O/c24-19(15-6-2-1-3-7-15)16-10-12-23(13-11-16)20-21-14-17-8-4-5-9-18(17)22-20/h1-9,14,16,19,24H,10-13H2. The summed E-state index contributed by atoms with van der Waals surface area (Å²) in [7, 11) is 0. The molecular weight excluding hydrogens is 298 g/mol. The molecule has 1 aliphatic heterocycles. The minimum Gasteiger partial charge on any atom is -0.388 e. The van der Waals surface area contributed by atoms with E-state index < -0.39 is 0 Å². The van der Waals surface area contributed by atoms with Crippen molar-refractivity contribution in [3.8, 4) is 0 Å². The molecule has 4 heteroatoms. The van der Waals surface area contributed by atoms with Gasteiger partial charge in [-0.3, -0.25) is 0 Å². The van der Waals surface area contributed by atoms with E-state index >= 15 is 0 Å². The Kier molecular flexibility index (Phi) is 4.13. The van der Waals surface area contributed by atoms with Crippen molar-refractivity contribution in [2.45, 2.75) is 18.9 Å². The minimum absolute atomic E-state index is 0.295. The molecule has 122 valence electrons. The van der Waals surface area contributed by atoms with Crippen molar-refractivity contribution in [1.29, 1.82) is 0 Å². The van der Waals surface area contributed by atoms with Gasteiger partial charge in [-0.2, -0.15) is 0 Å². The lowest BCUT2D eigenvalue weighted by molar-refractivity contribution is 0.0928. The Labute approximate surface area is 141 Å². The molecule has 1 fully saturated rings. The number of para-hydroxylation sites is 1. The summed E-state index contributed by atoms with van der Waals surface area (Å²) in [5.74, 6) is 1.09. The number of aliphatic hydroxyl groups excluding tert-OH is 1. The van der Waals surface area contributed by atoms with Crippen molar-refractivity contribution in [2.75, 3.05) is 18.0 Å². The van der Waals surface area contributed by atoms with Crippen LogP contribution >= 0.6 is 0 Å². The smallest absolute Gasteiger partial charge is 0.225 e. The van der Waals surface area contributed by atoms with Gasteiger partial charge >= 0.3 is 0 Å². The van der Waals surface area contributed by atoms with Gasteiger partial charge in [0.25, 0.3) is 0 Å². The maximum absolute atomic E-state index is 10.6. The van der Waals surface area contributed by atoms with Crippen LogP contribution in [-0.2, 0) is 0 Å². The van der Waals surface area contributed by atoms with Crippen molar-refractivity contribution in [3.63, 3.8) is 0 Å². The van der Waals surface area contributed by atoms with Crippen LogP contribution in [0.1, 0.15) is 24.5 Å². The van der Waals surface area contributed by atoms with Gasteiger partial charge in [0.2, 0.25) is 5.95 Å². The van der Waals surface area contributed by atoms with E-state index in [0.29, 0.717) is 5.92 Å². The molecular formula is C20H21N3O. The zero-order valence-electron chi connectivity index (χ0n) is 13.5.